The lowest BCUT2D eigenvalue weighted by atomic mass is 10.1. The SMILES string of the molecule is O=C(Nc1cc(Cl)ccc1Cl)C(Sc1cccc(NC(=S)Nc2ccccc2)c1)c1ccccc1. The Labute approximate surface area is 224 Å². The molecule has 1 amide bonds. The quantitative estimate of drug-likeness (QED) is 0.163. The van der Waals surface area contributed by atoms with Gasteiger partial charge in [-0.2, -0.15) is 0 Å². The highest BCUT2D eigenvalue weighted by Crippen LogP contribution is 2.38. The van der Waals surface area contributed by atoms with Crippen LogP contribution in [0.5, 0.6) is 0 Å². The van der Waals surface area contributed by atoms with Crippen LogP contribution in [-0.4, -0.2) is 11.0 Å². The Balaban J connectivity index is 1.52. The van der Waals surface area contributed by atoms with Gasteiger partial charge in [0, 0.05) is 21.3 Å². The van der Waals surface area contributed by atoms with E-state index >= 15 is 0 Å². The van der Waals surface area contributed by atoms with E-state index in [0.717, 1.165) is 21.8 Å². The molecule has 4 aromatic rings. The molecular formula is C27H21Cl2N3OS2. The molecule has 1 atom stereocenters. The molecule has 35 heavy (non-hydrogen) atoms. The molecular weight excluding hydrogens is 517 g/mol. The number of amides is 1. The van der Waals surface area contributed by atoms with Crippen LogP contribution in [0.2, 0.25) is 10.0 Å². The molecule has 0 spiro atoms. The van der Waals surface area contributed by atoms with Crippen LogP contribution in [0, 0.1) is 0 Å². The normalized spacial score (nSPS) is 11.4. The van der Waals surface area contributed by atoms with E-state index in [1.807, 2.05) is 84.9 Å². The summed E-state index contributed by atoms with van der Waals surface area (Å²) >= 11 is 19.2. The Morgan fingerprint density at radius 1 is 0.743 bits per heavy atom. The van der Waals surface area contributed by atoms with Gasteiger partial charge in [0.1, 0.15) is 5.25 Å². The first-order chi connectivity index (χ1) is 17.0. The largest absolute Gasteiger partial charge is 0.332 e. The summed E-state index contributed by atoms with van der Waals surface area (Å²) in [5.41, 5.74) is 3.05. The number of carbonyl (C=O) groups excluding carboxylic acids is 1. The minimum Gasteiger partial charge on any atom is -0.332 e. The fourth-order valence-corrected chi connectivity index (χ4v) is 4.95. The standard InChI is InChI=1S/C27H21Cl2N3OS2/c28-19-14-15-23(29)24(16-19)32-26(33)25(18-8-3-1-4-9-18)35-22-13-7-12-21(17-22)31-27(34)30-20-10-5-2-6-11-20/h1-17,25H,(H,32,33)(H2,30,31,34). The van der Waals surface area contributed by atoms with Gasteiger partial charge in [-0.1, -0.05) is 77.8 Å². The van der Waals surface area contributed by atoms with E-state index in [0.29, 0.717) is 20.8 Å². The van der Waals surface area contributed by atoms with Crippen molar-refractivity contribution in [2.24, 2.45) is 0 Å². The molecule has 3 N–H and O–H groups in total. The summed E-state index contributed by atoms with van der Waals surface area (Å²) in [5.74, 6) is -0.204. The Bertz CT molecular complexity index is 1320. The minimum absolute atomic E-state index is 0.204. The number of hydrogen-bond donors (Lipinski definition) is 3. The van der Waals surface area contributed by atoms with E-state index in [4.69, 9.17) is 35.4 Å². The summed E-state index contributed by atoms with van der Waals surface area (Å²) in [5, 5.41) is 10.2. The predicted octanol–water partition coefficient (Wildman–Crippen LogP) is 8.27. The van der Waals surface area contributed by atoms with Crippen LogP contribution in [0.25, 0.3) is 0 Å². The van der Waals surface area contributed by atoms with Crippen LogP contribution >= 0.6 is 47.2 Å². The Morgan fingerprint density at radius 3 is 2.14 bits per heavy atom. The highest BCUT2D eigenvalue weighted by atomic mass is 35.5. The second kappa shape index (κ2) is 12.1. The van der Waals surface area contributed by atoms with Gasteiger partial charge in [0.25, 0.3) is 0 Å². The summed E-state index contributed by atoms with van der Waals surface area (Å²) in [6.07, 6.45) is 0. The van der Waals surface area contributed by atoms with Gasteiger partial charge in [0.05, 0.1) is 10.7 Å². The summed E-state index contributed by atoms with van der Waals surface area (Å²) in [4.78, 5) is 14.3. The molecule has 0 fully saturated rings. The molecule has 0 bridgehead atoms. The van der Waals surface area contributed by atoms with Crippen molar-refractivity contribution in [3.63, 3.8) is 0 Å². The van der Waals surface area contributed by atoms with E-state index in [1.54, 1.807) is 18.2 Å². The molecule has 0 saturated carbocycles. The number of anilines is 3. The second-order valence-corrected chi connectivity index (χ2v) is 9.93. The van der Waals surface area contributed by atoms with Crippen molar-refractivity contribution in [2.75, 3.05) is 16.0 Å². The van der Waals surface area contributed by atoms with Gasteiger partial charge in [-0.25, -0.2) is 0 Å². The number of halogens is 2. The van der Waals surface area contributed by atoms with Crippen molar-refractivity contribution in [3.05, 3.63) is 119 Å². The third kappa shape index (κ3) is 7.23. The number of thioether (sulfide) groups is 1. The fourth-order valence-electron chi connectivity index (χ4n) is 3.29. The summed E-state index contributed by atoms with van der Waals surface area (Å²) in [6, 6.07) is 32.0. The maximum absolute atomic E-state index is 13.4. The summed E-state index contributed by atoms with van der Waals surface area (Å²) < 4.78 is 0. The molecule has 176 valence electrons. The Kier molecular flexibility index (Phi) is 8.66. The Morgan fingerprint density at radius 2 is 1.40 bits per heavy atom. The van der Waals surface area contributed by atoms with Crippen LogP contribution in [0.1, 0.15) is 10.8 Å². The topological polar surface area (TPSA) is 53.2 Å². The molecule has 0 aliphatic heterocycles. The van der Waals surface area contributed by atoms with Crippen LogP contribution in [0.3, 0.4) is 0 Å². The summed E-state index contributed by atoms with van der Waals surface area (Å²) in [7, 11) is 0. The monoisotopic (exact) mass is 537 g/mol. The number of rotatable bonds is 7. The Hall–Kier alpha value is -3.03. The summed E-state index contributed by atoms with van der Waals surface area (Å²) in [6.45, 7) is 0. The third-order valence-corrected chi connectivity index (χ3v) is 6.92. The molecule has 0 aromatic heterocycles. The average molecular weight is 539 g/mol. The molecule has 1 unspecified atom stereocenters. The second-order valence-electron chi connectivity index (χ2n) is 7.49. The number of nitrogens with one attached hydrogen (secondary N) is 3. The molecule has 0 aliphatic carbocycles. The first-order valence-electron chi connectivity index (χ1n) is 10.7. The van der Waals surface area contributed by atoms with Crippen molar-refractivity contribution in [2.45, 2.75) is 10.1 Å². The predicted molar refractivity (Wildman–Crippen MR) is 153 cm³/mol. The zero-order chi connectivity index (χ0) is 24.6. The van der Waals surface area contributed by atoms with E-state index in [-0.39, 0.29) is 5.91 Å². The number of hydrogen-bond acceptors (Lipinski definition) is 3. The van der Waals surface area contributed by atoms with Gasteiger partial charge in [0.15, 0.2) is 5.11 Å². The number of para-hydroxylation sites is 1. The average Bonchev–Trinajstić information content (AvgIpc) is 2.86. The number of thiocarbonyl (C=S) groups is 1. The maximum atomic E-state index is 13.4. The third-order valence-electron chi connectivity index (χ3n) is 4.90. The molecule has 8 heteroatoms. The molecule has 4 aromatic carbocycles. The van der Waals surface area contributed by atoms with Crippen molar-refractivity contribution in [3.8, 4) is 0 Å². The van der Waals surface area contributed by atoms with E-state index in [1.165, 1.54) is 11.8 Å². The van der Waals surface area contributed by atoms with Crippen molar-refractivity contribution in [1.29, 1.82) is 0 Å². The van der Waals surface area contributed by atoms with Gasteiger partial charge in [0.2, 0.25) is 5.91 Å². The molecule has 0 aliphatic rings. The number of carbonyl (C=O) groups is 1. The van der Waals surface area contributed by atoms with Gasteiger partial charge in [-0.15, -0.1) is 11.8 Å². The zero-order valence-electron chi connectivity index (χ0n) is 18.4. The molecule has 4 rings (SSSR count). The van der Waals surface area contributed by atoms with Crippen LogP contribution < -0.4 is 16.0 Å². The lowest BCUT2D eigenvalue weighted by Gasteiger charge is -2.18. The van der Waals surface area contributed by atoms with Crippen LogP contribution in [-0.2, 0) is 4.79 Å². The lowest BCUT2D eigenvalue weighted by molar-refractivity contribution is -0.115. The van der Waals surface area contributed by atoms with Crippen molar-refractivity contribution >= 4 is 75.3 Å². The van der Waals surface area contributed by atoms with Gasteiger partial charge < -0.3 is 16.0 Å². The molecule has 0 saturated heterocycles. The maximum Gasteiger partial charge on any atom is 0.242 e. The highest BCUT2D eigenvalue weighted by Gasteiger charge is 2.23. The molecule has 4 nitrogen and oxygen atoms in total. The zero-order valence-corrected chi connectivity index (χ0v) is 21.5. The van der Waals surface area contributed by atoms with Crippen molar-refractivity contribution in [1.82, 2.24) is 0 Å². The number of benzene rings is 4. The minimum atomic E-state index is -0.518. The molecule has 0 radical (unpaired) electrons. The van der Waals surface area contributed by atoms with Gasteiger partial charge in [-0.3, -0.25) is 4.79 Å². The van der Waals surface area contributed by atoms with E-state index < -0.39 is 5.25 Å². The smallest absolute Gasteiger partial charge is 0.242 e. The first-order valence-corrected chi connectivity index (χ1v) is 12.7. The van der Waals surface area contributed by atoms with Crippen LogP contribution in [0.15, 0.2) is 108 Å². The van der Waals surface area contributed by atoms with Crippen molar-refractivity contribution < 1.29 is 4.79 Å². The van der Waals surface area contributed by atoms with Gasteiger partial charge in [-0.05, 0) is 66.3 Å². The van der Waals surface area contributed by atoms with Gasteiger partial charge >= 0.3 is 0 Å². The van der Waals surface area contributed by atoms with E-state index in [9.17, 15) is 4.79 Å². The lowest BCUT2D eigenvalue weighted by Crippen LogP contribution is -2.20. The van der Waals surface area contributed by atoms with Crippen LogP contribution in [0.4, 0.5) is 17.1 Å². The fraction of sp³-hybridized carbons (Fsp3) is 0.0370. The first kappa shape index (κ1) is 25.1. The van der Waals surface area contributed by atoms with E-state index in [2.05, 4.69) is 16.0 Å². The highest BCUT2D eigenvalue weighted by molar-refractivity contribution is 8.00. The molecule has 0 heterocycles.